The van der Waals surface area contributed by atoms with E-state index in [1.165, 1.54) is 180 Å². The first kappa shape index (κ1) is 79.3. The van der Waals surface area contributed by atoms with Gasteiger partial charge in [-0.25, -0.2) is 0 Å². The van der Waals surface area contributed by atoms with Crippen LogP contribution >= 0.6 is 0 Å². The van der Waals surface area contributed by atoms with Crippen molar-refractivity contribution in [2.24, 2.45) is 0 Å². The molecule has 6 aliphatic rings. The van der Waals surface area contributed by atoms with E-state index in [9.17, 15) is 9.90 Å². The third kappa shape index (κ3) is 12.8. The second-order valence-electron chi connectivity index (χ2n) is 37.6. The van der Waals surface area contributed by atoms with Gasteiger partial charge in [0.1, 0.15) is 11.8 Å². The van der Waals surface area contributed by atoms with Crippen LogP contribution in [-0.4, -0.2) is 25.8 Å². The Morgan fingerprint density at radius 1 is 0.282 bits per heavy atom. The Morgan fingerprint density at radius 3 is 0.855 bits per heavy atom. The molecule has 0 saturated heterocycles. The van der Waals surface area contributed by atoms with Crippen LogP contribution in [-0.2, 0) is 52.6 Å². The average Bonchev–Trinajstić information content (AvgIpc) is 1.57. The number of aliphatic hydroxyl groups is 1. The maximum atomic E-state index is 10.9. The molecule has 2 aromatic heterocycles. The monoisotopic (exact) mass is 1780 g/mol. The molecule has 6 heteroatoms. The van der Waals surface area contributed by atoms with Crippen molar-refractivity contribution in [2.45, 2.75) is 122 Å². The van der Waals surface area contributed by atoms with Crippen LogP contribution in [0.2, 0.25) is 0 Å². The van der Waals surface area contributed by atoms with Crippen LogP contribution in [0.15, 0.2) is 333 Å². The number of hydrogen-bond donors (Lipinski definition) is 1. The molecule has 17 aromatic rings. The number of fused-ring (bicyclic) bond motifs is 20. The maximum absolute atomic E-state index is 10.9. The molecule has 0 saturated carbocycles. The molecule has 0 bridgehead atoms. The Labute approximate surface area is 741 Å². The molecule has 6 aliphatic carbocycles. The Kier molecular flexibility index (Phi) is 18.7. The number of pyridine rings is 2. The van der Waals surface area contributed by atoms with E-state index in [1.807, 2.05) is 36.4 Å². The number of benzene rings is 15. The molecule has 2 heterocycles. The van der Waals surface area contributed by atoms with Crippen molar-refractivity contribution in [3.8, 4) is 140 Å². The van der Waals surface area contributed by atoms with Crippen molar-refractivity contribution in [1.29, 1.82) is 0 Å². The van der Waals surface area contributed by atoms with Crippen molar-refractivity contribution in [2.75, 3.05) is 0 Å². The number of hydrogen-bond acceptors (Lipinski definition) is 4. The number of ether oxygens (including phenoxy) is 1. The standard InChI is InChI=1S/C70H58O3.2C24H18N.Ir/c1-40(71)30-66(72)73-49-32-47(45-22-28-56-54-26-20-43(36-62(54)69(6,7)64(56)38-45)41-18-24-52-50-14-10-12-16-58(50)67(2,3)60(52)34-41)31-48(33-49)46-23-29-57-55-27-21-44(37-63(55)70(8,9)65(57)39-46)42-19-25-53-51-15-11-13-17-59(51)68(4,5)61(53)35-42;2*1-24(2)20-9-5-4-8-18(20)19-13-11-17(15-21(19)24)23-14-12-16-7-3-6-10-22(16)25-23;/h10-39,71H,1-9H3;2*3-10,12-15H,1-2H3;/q;2*-1;/p+1/b40-30-;;;. The van der Waals surface area contributed by atoms with Gasteiger partial charge < -0.3 is 9.90 Å². The van der Waals surface area contributed by atoms with E-state index in [-0.39, 0.29) is 64.3 Å². The zero-order valence-electron chi connectivity index (χ0n) is 72.2. The van der Waals surface area contributed by atoms with Gasteiger partial charge in [0.25, 0.3) is 0 Å². The minimum Gasteiger partial charge on any atom is -0.512 e. The first-order valence-electron chi connectivity index (χ1n) is 43.1. The van der Waals surface area contributed by atoms with Crippen molar-refractivity contribution in [3.05, 3.63) is 412 Å². The minimum absolute atomic E-state index is 0. The molecule has 605 valence electrons. The molecule has 0 unspecified atom stereocenters. The van der Waals surface area contributed by atoms with Crippen LogP contribution < -0.4 is 4.74 Å². The Balaban J connectivity index is 0.000000153. The molecule has 0 fully saturated rings. The molecule has 0 atom stereocenters. The van der Waals surface area contributed by atoms with Gasteiger partial charge in [-0.2, -0.15) is 0 Å². The predicted octanol–water partition coefficient (Wildman–Crippen LogP) is 29.9. The summed E-state index contributed by atoms with van der Waals surface area (Å²) in [4.78, 5) is 20.6. The topological polar surface area (TPSA) is 76.6 Å². The van der Waals surface area contributed by atoms with Gasteiger partial charge in [-0.1, -0.05) is 336 Å². The molecule has 0 amide bonds. The fourth-order valence-electron chi connectivity index (χ4n) is 21.3. The normalized spacial score (nSPS) is 15.2. The molecular weight excluding hydrogens is 1690 g/mol. The first-order valence-corrected chi connectivity index (χ1v) is 43.1. The summed E-state index contributed by atoms with van der Waals surface area (Å²) in [5.41, 5.74) is 46.3. The number of carbonyl (C=O) groups excluding carboxylic acids is 1. The number of nitrogens with zero attached hydrogens (tertiary/aromatic N) is 2. The van der Waals surface area contributed by atoms with E-state index >= 15 is 0 Å². The van der Waals surface area contributed by atoms with E-state index in [2.05, 4.69) is 380 Å². The third-order valence-electron chi connectivity index (χ3n) is 28.1. The number of aliphatic hydroxyl groups excluding tert-OH is 1. The van der Waals surface area contributed by atoms with E-state index in [4.69, 9.17) is 14.7 Å². The smallest absolute Gasteiger partial charge is 0.512 e. The van der Waals surface area contributed by atoms with Crippen LogP contribution in [0.1, 0.15) is 157 Å². The van der Waals surface area contributed by atoms with Gasteiger partial charge in [-0.05, 0) is 239 Å². The molecule has 124 heavy (non-hydrogen) atoms. The summed E-state index contributed by atoms with van der Waals surface area (Å²) in [6, 6.07) is 124. The van der Waals surface area contributed by atoms with Gasteiger partial charge in [-0.15, -0.1) is 58.7 Å². The van der Waals surface area contributed by atoms with Crippen LogP contribution in [0.5, 0.6) is 5.75 Å². The largest absolute Gasteiger partial charge is 0.519 e. The maximum Gasteiger partial charge on any atom is 0.519 e. The Bertz CT molecular complexity index is 6980. The molecule has 0 spiro atoms. The SMILES string of the molecule is C/C(O)=C/C(=[OH+])Oc1cc(-c2ccc3c(c2)C(C)(C)c2cc(-c4ccc5c(c4)C(C)(C)c4ccccc4-5)ccc2-3)cc(-c2ccc3c(c2)C(C)(C)c2cc(-c4ccc5c(c4)C(C)(C)c4ccccc4-5)ccc2-3)c1.CC1(C)c2ccccc2-c2c[c-]c(-c3ccc4ccccc4n3)cc21.CC1(C)c2ccccc2-c2c[c-]c(-c3ccc4ccccc4n3)cc21.[Ir]. The average molecular weight is 1780 g/mol. The fraction of sp³-hybridized carbons (Fsp3) is 0.161. The van der Waals surface area contributed by atoms with E-state index in [1.54, 1.807) is 0 Å². The van der Waals surface area contributed by atoms with Crippen molar-refractivity contribution in [1.82, 2.24) is 9.97 Å². The van der Waals surface area contributed by atoms with Gasteiger partial charge in [0.2, 0.25) is 5.75 Å². The van der Waals surface area contributed by atoms with Gasteiger partial charge in [0.15, 0.2) is 0 Å². The first-order chi connectivity index (χ1) is 59.2. The number of rotatable bonds is 8. The fourth-order valence-corrected chi connectivity index (χ4v) is 21.3. The number of para-hydroxylation sites is 2. The van der Waals surface area contributed by atoms with Crippen LogP contribution in [0.4, 0.5) is 0 Å². The molecule has 0 aliphatic heterocycles. The summed E-state index contributed by atoms with van der Waals surface area (Å²) in [6.07, 6.45) is 1.23. The van der Waals surface area contributed by atoms with E-state index in [0.29, 0.717) is 5.75 Å². The quantitative estimate of drug-likeness (QED) is 0.0411. The molecule has 5 nitrogen and oxygen atoms in total. The van der Waals surface area contributed by atoms with Crippen molar-refractivity contribution < 1.29 is 34.7 Å². The number of esters is 1. The second-order valence-corrected chi connectivity index (χ2v) is 37.6. The Hall–Kier alpha value is -13.2. The van der Waals surface area contributed by atoms with Gasteiger partial charge in [0.05, 0.1) is 11.0 Å². The van der Waals surface area contributed by atoms with Crippen LogP contribution in [0.25, 0.3) is 156 Å². The van der Waals surface area contributed by atoms with Crippen molar-refractivity contribution in [3.63, 3.8) is 0 Å². The molecule has 1 radical (unpaired) electrons. The summed E-state index contributed by atoms with van der Waals surface area (Å²) in [6.45, 7) is 29.5. The molecule has 15 aromatic carbocycles. The van der Waals surface area contributed by atoms with Crippen LogP contribution in [0.3, 0.4) is 0 Å². The predicted molar refractivity (Wildman–Crippen MR) is 510 cm³/mol. The van der Waals surface area contributed by atoms with E-state index < -0.39 is 0 Å². The summed E-state index contributed by atoms with van der Waals surface area (Å²) in [7, 11) is 0. The van der Waals surface area contributed by atoms with Gasteiger partial charge >= 0.3 is 5.97 Å². The molecule has 23 rings (SSSR count). The van der Waals surface area contributed by atoms with E-state index in [0.717, 1.165) is 55.8 Å². The summed E-state index contributed by atoms with van der Waals surface area (Å²) in [5.74, 6) is 0.0556. The van der Waals surface area contributed by atoms with Crippen molar-refractivity contribution >= 4 is 27.8 Å². The van der Waals surface area contributed by atoms with Crippen LogP contribution in [0, 0.1) is 12.1 Å². The zero-order valence-corrected chi connectivity index (χ0v) is 74.6. The minimum atomic E-state index is -0.376. The summed E-state index contributed by atoms with van der Waals surface area (Å²) < 4.78 is 6.08. The molecular formula is C118H95IrN2O3-. The summed E-state index contributed by atoms with van der Waals surface area (Å²) >= 11 is 0. The second kappa shape index (κ2) is 29.2. The zero-order chi connectivity index (χ0) is 84.5. The third-order valence-corrected chi connectivity index (χ3v) is 28.1. The number of aromatic nitrogens is 2. The summed E-state index contributed by atoms with van der Waals surface area (Å²) in [5, 5.41) is 12.4. The molecule has 2 N–H and O–H groups in total. The number of allylic oxidation sites excluding steroid dienone is 1. The Morgan fingerprint density at radius 2 is 0.540 bits per heavy atom. The van der Waals surface area contributed by atoms with Gasteiger partial charge in [0, 0.05) is 53.9 Å². The van der Waals surface area contributed by atoms with Gasteiger partial charge in [-0.3, -0.25) is 14.7 Å².